The highest BCUT2D eigenvalue weighted by Gasteiger charge is 2.23. The van der Waals surface area contributed by atoms with E-state index in [9.17, 15) is 9.59 Å². The van der Waals surface area contributed by atoms with Gasteiger partial charge >= 0.3 is 0 Å². The van der Waals surface area contributed by atoms with Gasteiger partial charge in [-0.15, -0.1) is 0 Å². The first-order chi connectivity index (χ1) is 18.5. The summed E-state index contributed by atoms with van der Waals surface area (Å²) in [4.78, 5) is 38.6. The number of rotatable bonds is 7. The van der Waals surface area contributed by atoms with Crippen molar-refractivity contribution in [2.24, 2.45) is 5.92 Å². The van der Waals surface area contributed by atoms with Crippen molar-refractivity contribution in [3.63, 3.8) is 0 Å². The molecule has 3 aromatic rings. The maximum Gasteiger partial charge on any atom is 0.255 e. The van der Waals surface area contributed by atoms with Crippen LogP contribution < -0.4 is 16.1 Å². The lowest BCUT2D eigenvalue weighted by molar-refractivity contribution is 0.0909. The fourth-order valence-electron chi connectivity index (χ4n) is 4.97. The van der Waals surface area contributed by atoms with Gasteiger partial charge in [0.25, 0.3) is 11.8 Å². The SMILES string of the molecule is CONc1ccc(C(=O)NC2=CC=C(c3nc4ccc(C(=O)NC5CCCCC5C)cc4[nH]3)C=CC2)cc1. The average Bonchev–Trinajstić information content (AvgIpc) is 3.21. The minimum absolute atomic E-state index is 0.0386. The highest BCUT2D eigenvalue weighted by Crippen LogP contribution is 2.25. The number of nitrogens with one attached hydrogen (secondary N) is 4. The lowest BCUT2D eigenvalue weighted by Gasteiger charge is -2.29. The van der Waals surface area contributed by atoms with Gasteiger partial charge in [0, 0.05) is 34.9 Å². The van der Waals surface area contributed by atoms with E-state index in [0.717, 1.165) is 40.8 Å². The number of carbonyl (C=O) groups excluding carboxylic acids is 2. The zero-order chi connectivity index (χ0) is 26.5. The molecule has 0 saturated heterocycles. The molecule has 4 N–H and O–H groups in total. The van der Waals surface area contributed by atoms with Crippen molar-refractivity contribution in [1.29, 1.82) is 0 Å². The average molecular weight is 512 g/mol. The molecule has 8 nitrogen and oxygen atoms in total. The first-order valence-corrected chi connectivity index (χ1v) is 13.1. The Labute approximate surface area is 222 Å². The molecule has 1 aromatic heterocycles. The van der Waals surface area contributed by atoms with E-state index in [4.69, 9.17) is 9.82 Å². The Hall–Kier alpha value is -4.17. The second-order valence-corrected chi connectivity index (χ2v) is 9.92. The Morgan fingerprint density at radius 3 is 2.58 bits per heavy atom. The van der Waals surface area contributed by atoms with Gasteiger partial charge in [0.2, 0.25) is 0 Å². The molecular weight excluding hydrogens is 478 g/mol. The van der Waals surface area contributed by atoms with Gasteiger partial charge in [-0.1, -0.05) is 31.9 Å². The van der Waals surface area contributed by atoms with Crippen molar-refractivity contribution in [3.05, 3.63) is 89.4 Å². The standard InChI is InChI=1S/C30H33N5O3/c1-19-6-3-4-9-25(19)34-30(37)22-13-17-26-27(18-22)33-28(32-26)20-7-5-8-23(14-10-20)31-29(36)21-11-15-24(16-12-21)35-38-2/h5,7,10-19,25,35H,3-4,6,8-9H2,1-2H3,(H,31,36)(H,32,33)(H,34,37). The Morgan fingerprint density at radius 2 is 1.79 bits per heavy atom. The second-order valence-electron chi connectivity index (χ2n) is 9.92. The van der Waals surface area contributed by atoms with Crippen LogP contribution in [0, 0.1) is 5.92 Å². The monoisotopic (exact) mass is 511 g/mol. The number of H-pyrrole nitrogens is 1. The third-order valence-corrected chi connectivity index (χ3v) is 7.19. The molecule has 0 bridgehead atoms. The predicted molar refractivity (Wildman–Crippen MR) is 149 cm³/mol. The summed E-state index contributed by atoms with van der Waals surface area (Å²) >= 11 is 0. The highest BCUT2D eigenvalue weighted by atomic mass is 16.6. The lowest BCUT2D eigenvalue weighted by Crippen LogP contribution is -2.41. The third kappa shape index (κ3) is 5.86. The number of hydrogen-bond donors (Lipinski definition) is 4. The molecule has 2 aromatic carbocycles. The molecule has 1 heterocycles. The Bertz CT molecular complexity index is 1420. The minimum Gasteiger partial charge on any atom is -0.349 e. The van der Waals surface area contributed by atoms with E-state index in [-0.39, 0.29) is 17.9 Å². The Kier molecular flexibility index (Phi) is 7.70. The second kappa shape index (κ2) is 11.5. The fraction of sp³-hybridized carbons (Fsp3) is 0.300. The number of anilines is 1. The van der Waals surface area contributed by atoms with Gasteiger partial charge in [-0.3, -0.25) is 19.9 Å². The number of imidazole rings is 1. The molecule has 0 aliphatic heterocycles. The van der Waals surface area contributed by atoms with Crippen LogP contribution in [-0.4, -0.2) is 34.9 Å². The number of benzene rings is 2. The molecule has 1 saturated carbocycles. The van der Waals surface area contributed by atoms with Crippen molar-refractivity contribution in [2.75, 3.05) is 12.6 Å². The van der Waals surface area contributed by atoms with E-state index in [1.807, 2.05) is 42.5 Å². The van der Waals surface area contributed by atoms with Crippen LogP contribution in [0.1, 0.15) is 65.6 Å². The number of nitrogens with zero attached hydrogens (tertiary/aromatic N) is 1. The van der Waals surface area contributed by atoms with Crippen molar-refractivity contribution in [2.45, 2.75) is 45.1 Å². The molecule has 5 rings (SSSR count). The van der Waals surface area contributed by atoms with Crippen LogP contribution in [0.2, 0.25) is 0 Å². The van der Waals surface area contributed by atoms with Crippen molar-refractivity contribution >= 4 is 34.1 Å². The topological polar surface area (TPSA) is 108 Å². The van der Waals surface area contributed by atoms with Crippen LogP contribution in [0.3, 0.4) is 0 Å². The molecule has 2 atom stereocenters. The summed E-state index contributed by atoms with van der Waals surface area (Å²) in [6, 6.07) is 12.9. The first kappa shape index (κ1) is 25.5. The largest absolute Gasteiger partial charge is 0.349 e. The van der Waals surface area contributed by atoms with Gasteiger partial charge in [0.1, 0.15) is 5.82 Å². The summed E-state index contributed by atoms with van der Waals surface area (Å²) in [6.45, 7) is 2.21. The minimum atomic E-state index is -0.178. The van der Waals surface area contributed by atoms with E-state index >= 15 is 0 Å². The number of aromatic amines is 1. The summed E-state index contributed by atoms with van der Waals surface area (Å²) < 4.78 is 0. The summed E-state index contributed by atoms with van der Waals surface area (Å²) in [6.07, 6.45) is 13.0. The Balaban J connectivity index is 1.28. The first-order valence-electron chi connectivity index (χ1n) is 13.1. The molecule has 2 aliphatic carbocycles. The molecular formula is C30H33N5O3. The molecule has 0 radical (unpaired) electrons. The maximum absolute atomic E-state index is 12.9. The van der Waals surface area contributed by atoms with E-state index in [2.05, 4.69) is 28.0 Å². The zero-order valence-electron chi connectivity index (χ0n) is 21.7. The number of amides is 2. The van der Waals surface area contributed by atoms with Crippen molar-refractivity contribution in [1.82, 2.24) is 20.6 Å². The molecule has 1 fully saturated rings. The number of fused-ring (bicyclic) bond motifs is 1. The zero-order valence-corrected chi connectivity index (χ0v) is 21.7. The normalized spacial score (nSPS) is 19.3. The summed E-state index contributed by atoms with van der Waals surface area (Å²) in [5.41, 5.74) is 7.97. The van der Waals surface area contributed by atoms with Gasteiger partial charge in [0.05, 0.1) is 23.8 Å². The smallest absolute Gasteiger partial charge is 0.255 e. The van der Waals surface area contributed by atoms with Gasteiger partial charge in [-0.2, -0.15) is 0 Å². The fourth-order valence-corrected chi connectivity index (χ4v) is 4.97. The van der Waals surface area contributed by atoms with Crippen LogP contribution in [0.5, 0.6) is 0 Å². The molecule has 0 spiro atoms. The summed E-state index contributed by atoms with van der Waals surface area (Å²) in [5.74, 6) is 0.997. The molecule has 2 unspecified atom stereocenters. The molecule has 8 heteroatoms. The Morgan fingerprint density at radius 1 is 1.00 bits per heavy atom. The summed E-state index contributed by atoms with van der Waals surface area (Å²) in [7, 11) is 1.54. The summed E-state index contributed by atoms with van der Waals surface area (Å²) in [5, 5.41) is 6.20. The molecule has 196 valence electrons. The van der Waals surface area contributed by atoms with Gasteiger partial charge < -0.3 is 15.6 Å². The van der Waals surface area contributed by atoms with Gasteiger partial charge in [0.15, 0.2) is 0 Å². The van der Waals surface area contributed by atoms with Crippen LogP contribution >= 0.6 is 0 Å². The lowest BCUT2D eigenvalue weighted by atomic mass is 9.86. The van der Waals surface area contributed by atoms with Crippen LogP contribution in [0.15, 0.2) is 72.5 Å². The van der Waals surface area contributed by atoms with Crippen molar-refractivity contribution in [3.8, 4) is 0 Å². The van der Waals surface area contributed by atoms with Gasteiger partial charge in [-0.05, 0) is 73.4 Å². The predicted octanol–water partition coefficient (Wildman–Crippen LogP) is 5.50. The highest BCUT2D eigenvalue weighted by molar-refractivity contribution is 5.98. The molecule has 38 heavy (non-hydrogen) atoms. The van der Waals surface area contributed by atoms with E-state index < -0.39 is 0 Å². The van der Waals surface area contributed by atoms with Crippen molar-refractivity contribution < 1.29 is 14.4 Å². The number of hydrogen-bond acceptors (Lipinski definition) is 5. The third-order valence-electron chi connectivity index (χ3n) is 7.19. The number of allylic oxidation sites excluding steroid dienone is 5. The van der Waals surface area contributed by atoms with E-state index in [1.54, 1.807) is 24.3 Å². The molecule has 2 aliphatic rings. The molecule has 2 amide bonds. The quantitative estimate of drug-likeness (QED) is 0.313. The van der Waals surface area contributed by atoms with E-state index in [0.29, 0.717) is 29.3 Å². The number of aromatic nitrogens is 2. The van der Waals surface area contributed by atoms with Crippen LogP contribution in [0.4, 0.5) is 5.69 Å². The number of carbonyl (C=O) groups is 2. The van der Waals surface area contributed by atoms with Crippen LogP contribution in [-0.2, 0) is 4.84 Å². The van der Waals surface area contributed by atoms with Crippen LogP contribution in [0.25, 0.3) is 16.6 Å². The van der Waals surface area contributed by atoms with E-state index in [1.165, 1.54) is 20.0 Å². The maximum atomic E-state index is 12.9. The van der Waals surface area contributed by atoms with Gasteiger partial charge in [-0.25, -0.2) is 4.98 Å².